The van der Waals surface area contributed by atoms with E-state index in [1.807, 2.05) is 0 Å². The van der Waals surface area contributed by atoms with E-state index >= 15 is 0 Å². The summed E-state index contributed by atoms with van der Waals surface area (Å²) >= 11 is 1.02. The molecule has 0 saturated carbocycles. The van der Waals surface area contributed by atoms with Gasteiger partial charge in [-0.2, -0.15) is 13.2 Å². The molecule has 0 fully saturated rings. The molecule has 1 aromatic carbocycles. The van der Waals surface area contributed by atoms with Gasteiger partial charge in [-0.15, -0.1) is 11.3 Å². The summed E-state index contributed by atoms with van der Waals surface area (Å²) in [6.07, 6.45) is -5.20. The Balaban J connectivity index is 2.28. The van der Waals surface area contributed by atoms with E-state index in [-0.39, 0.29) is 21.3 Å². The van der Waals surface area contributed by atoms with Gasteiger partial charge in [0.1, 0.15) is 11.4 Å². The lowest BCUT2D eigenvalue weighted by molar-refractivity contribution is -0.167. The van der Waals surface area contributed by atoms with E-state index in [0.717, 1.165) is 11.3 Å². The van der Waals surface area contributed by atoms with Crippen LogP contribution in [-0.2, 0) is 4.79 Å². The minimum atomic E-state index is -5.20. The highest BCUT2D eigenvalue weighted by Crippen LogP contribution is 2.43. The summed E-state index contributed by atoms with van der Waals surface area (Å²) in [4.78, 5) is 12.0. The maximum Gasteiger partial charge on any atom is 0.456 e. The molecule has 1 aliphatic heterocycles. The molecular formula is C14H9F3N2O3S. The number of allylic oxidation sites excluding steroid dienone is 1. The molecule has 120 valence electrons. The fraction of sp³-hybridized carbons (Fsp3) is 0.0714. The molecule has 23 heavy (non-hydrogen) atoms. The molecule has 1 aliphatic rings. The van der Waals surface area contributed by atoms with Crippen LogP contribution in [0, 0.1) is 0 Å². The molecule has 2 N–H and O–H groups in total. The Morgan fingerprint density at radius 3 is 2.13 bits per heavy atom. The number of rotatable bonds is 2. The highest BCUT2D eigenvalue weighted by molar-refractivity contribution is 7.11. The number of fused-ring (bicyclic) bond motifs is 1. The van der Waals surface area contributed by atoms with Gasteiger partial charge in [0.25, 0.3) is 5.78 Å². The lowest BCUT2D eigenvalue weighted by atomic mass is 10.1. The van der Waals surface area contributed by atoms with E-state index in [4.69, 9.17) is 0 Å². The van der Waals surface area contributed by atoms with Crippen molar-refractivity contribution in [2.45, 2.75) is 6.18 Å². The molecule has 2 aromatic rings. The summed E-state index contributed by atoms with van der Waals surface area (Å²) in [6.45, 7) is 0. The average molecular weight is 342 g/mol. The van der Waals surface area contributed by atoms with Crippen LogP contribution in [0.15, 0.2) is 47.5 Å². The summed E-state index contributed by atoms with van der Waals surface area (Å²) in [7, 11) is 0. The number of nitrogens with zero attached hydrogens (tertiary/aromatic N) is 2. The van der Waals surface area contributed by atoms with Crippen LogP contribution in [0.25, 0.3) is 5.70 Å². The zero-order chi connectivity index (χ0) is 16.8. The molecule has 3 rings (SSSR count). The van der Waals surface area contributed by atoms with Crippen LogP contribution in [0.5, 0.6) is 0 Å². The number of anilines is 2. The Morgan fingerprint density at radius 2 is 1.61 bits per heavy atom. The topological polar surface area (TPSA) is 64.0 Å². The van der Waals surface area contributed by atoms with Crippen molar-refractivity contribution in [1.82, 2.24) is 0 Å². The molecule has 2 heterocycles. The quantitative estimate of drug-likeness (QED) is 0.872. The number of Topliss-reactive ketones (excluding diaryl/α,β-unsaturated/α-hetero) is 1. The van der Waals surface area contributed by atoms with E-state index in [1.54, 1.807) is 17.5 Å². The third kappa shape index (κ3) is 2.48. The van der Waals surface area contributed by atoms with Crippen molar-refractivity contribution in [3.8, 4) is 0 Å². The van der Waals surface area contributed by atoms with Crippen molar-refractivity contribution in [2.75, 3.05) is 10.1 Å². The van der Waals surface area contributed by atoms with Gasteiger partial charge < -0.3 is 0 Å². The molecule has 0 aliphatic carbocycles. The summed E-state index contributed by atoms with van der Waals surface area (Å²) in [5.74, 6) is -2.25. The van der Waals surface area contributed by atoms with Crippen molar-refractivity contribution in [3.05, 3.63) is 52.4 Å². The number of benzene rings is 1. The summed E-state index contributed by atoms with van der Waals surface area (Å²) in [6, 6.07) is 8.68. The summed E-state index contributed by atoms with van der Waals surface area (Å²) in [5.41, 5.74) is -1.57. The van der Waals surface area contributed by atoms with E-state index in [1.165, 1.54) is 24.3 Å². The molecule has 0 radical (unpaired) electrons. The molecule has 0 spiro atoms. The maximum absolute atomic E-state index is 12.9. The number of para-hydroxylation sites is 2. The minimum Gasteiger partial charge on any atom is -0.283 e. The monoisotopic (exact) mass is 342 g/mol. The fourth-order valence-corrected chi connectivity index (χ4v) is 2.99. The van der Waals surface area contributed by atoms with E-state index in [2.05, 4.69) is 0 Å². The standard InChI is InChI=1S/C14H9F3N2O3S/c15-14(16,17)13(20)12-11(10-6-3-7-23-10)18(21)8-4-1-2-5-9(8)19(12)22/h1-7,21-22H. The number of hydrogen-bond donors (Lipinski definition) is 2. The second kappa shape index (κ2) is 5.37. The van der Waals surface area contributed by atoms with Crippen LogP contribution >= 0.6 is 11.3 Å². The first-order chi connectivity index (χ1) is 10.8. The Kier molecular flexibility index (Phi) is 3.63. The lowest BCUT2D eigenvalue weighted by Gasteiger charge is -2.34. The van der Waals surface area contributed by atoms with Gasteiger partial charge in [0.15, 0.2) is 0 Å². The van der Waals surface area contributed by atoms with Crippen LogP contribution in [-0.4, -0.2) is 22.4 Å². The number of carbonyl (C=O) groups is 1. The van der Waals surface area contributed by atoms with Gasteiger partial charge in [-0.3, -0.25) is 15.2 Å². The highest BCUT2D eigenvalue weighted by atomic mass is 32.1. The maximum atomic E-state index is 12.9. The predicted octanol–water partition coefficient (Wildman–Crippen LogP) is 3.65. The zero-order valence-corrected chi connectivity index (χ0v) is 12.1. The van der Waals surface area contributed by atoms with Gasteiger partial charge in [-0.05, 0) is 23.6 Å². The van der Waals surface area contributed by atoms with E-state index in [9.17, 15) is 28.4 Å². The number of hydroxylamine groups is 2. The Hall–Kier alpha value is -2.36. The summed E-state index contributed by atoms with van der Waals surface area (Å²) in [5, 5.41) is 22.7. The van der Waals surface area contributed by atoms with Gasteiger partial charge in [-0.1, -0.05) is 18.2 Å². The third-order valence-corrected chi connectivity index (χ3v) is 4.09. The van der Waals surface area contributed by atoms with Crippen LogP contribution in [0.1, 0.15) is 4.88 Å². The second-order valence-corrected chi connectivity index (χ2v) is 5.56. The average Bonchev–Trinajstić information content (AvgIpc) is 3.03. The Bertz CT molecular complexity index is 787. The molecule has 0 unspecified atom stereocenters. The van der Waals surface area contributed by atoms with Crippen molar-refractivity contribution >= 4 is 34.2 Å². The largest absolute Gasteiger partial charge is 0.456 e. The zero-order valence-electron chi connectivity index (χ0n) is 11.3. The van der Waals surface area contributed by atoms with Crippen molar-refractivity contribution < 1.29 is 28.4 Å². The van der Waals surface area contributed by atoms with E-state index < -0.39 is 23.4 Å². The van der Waals surface area contributed by atoms with Gasteiger partial charge >= 0.3 is 6.18 Å². The normalized spacial score (nSPS) is 15.0. The summed E-state index contributed by atoms with van der Waals surface area (Å²) < 4.78 is 38.7. The van der Waals surface area contributed by atoms with Gasteiger partial charge in [0, 0.05) is 0 Å². The SMILES string of the molecule is O=C(C1=C(c2cccs2)N(O)c2ccccc2N1O)C(F)(F)F. The molecule has 0 atom stereocenters. The van der Waals surface area contributed by atoms with Crippen molar-refractivity contribution in [3.63, 3.8) is 0 Å². The minimum absolute atomic E-state index is 0.0529. The second-order valence-electron chi connectivity index (χ2n) is 4.61. The number of halogens is 3. The molecule has 0 amide bonds. The molecule has 1 aromatic heterocycles. The Labute approximate surface area is 132 Å². The smallest absolute Gasteiger partial charge is 0.283 e. The van der Waals surface area contributed by atoms with Crippen LogP contribution in [0.2, 0.25) is 0 Å². The molecule has 9 heteroatoms. The molecule has 0 saturated heterocycles. The molecule has 5 nitrogen and oxygen atoms in total. The first kappa shape index (κ1) is 15.5. The molecular weight excluding hydrogens is 333 g/mol. The number of carbonyl (C=O) groups excluding carboxylic acids is 1. The van der Waals surface area contributed by atoms with Crippen LogP contribution in [0.3, 0.4) is 0 Å². The molecule has 0 bridgehead atoms. The van der Waals surface area contributed by atoms with Crippen molar-refractivity contribution in [2.24, 2.45) is 0 Å². The first-order valence-electron chi connectivity index (χ1n) is 6.29. The third-order valence-electron chi connectivity index (χ3n) is 3.21. The van der Waals surface area contributed by atoms with E-state index in [0.29, 0.717) is 5.06 Å². The number of thiophene rings is 1. The predicted molar refractivity (Wildman–Crippen MR) is 77.3 cm³/mol. The number of ketones is 1. The lowest BCUT2D eigenvalue weighted by Crippen LogP contribution is -2.40. The highest BCUT2D eigenvalue weighted by Gasteiger charge is 2.47. The van der Waals surface area contributed by atoms with Crippen LogP contribution in [0.4, 0.5) is 24.5 Å². The Morgan fingerprint density at radius 1 is 1.00 bits per heavy atom. The van der Waals surface area contributed by atoms with Gasteiger partial charge in [0.05, 0.1) is 16.3 Å². The fourth-order valence-electron chi connectivity index (χ4n) is 2.24. The number of alkyl halides is 3. The van der Waals surface area contributed by atoms with Gasteiger partial charge in [-0.25, -0.2) is 10.1 Å². The number of hydrogen-bond acceptors (Lipinski definition) is 6. The van der Waals surface area contributed by atoms with Crippen molar-refractivity contribution in [1.29, 1.82) is 0 Å². The first-order valence-corrected chi connectivity index (χ1v) is 7.17. The van der Waals surface area contributed by atoms with Crippen LogP contribution < -0.4 is 10.1 Å². The van der Waals surface area contributed by atoms with Gasteiger partial charge in [0.2, 0.25) is 0 Å².